The van der Waals surface area contributed by atoms with Crippen LogP contribution in [0.25, 0.3) is 22.3 Å². The number of nitriles is 1. The van der Waals surface area contributed by atoms with Crippen molar-refractivity contribution >= 4 is 0 Å². The molecular formula is C23H23N3. The normalized spacial score (nSPS) is 10.5. The molecule has 0 atom stereocenters. The summed E-state index contributed by atoms with van der Waals surface area (Å²) >= 11 is 0. The van der Waals surface area contributed by atoms with Crippen LogP contribution in [0.3, 0.4) is 0 Å². The Morgan fingerprint density at radius 1 is 0.731 bits per heavy atom. The maximum Gasteiger partial charge on any atom is 0.232 e. The highest BCUT2D eigenvalue weighted by Gasteiger charge is 2.03. The van der Waals surface area contributed by atoms with Gasteiger partial charge in [-0.15, -0.1) is 0 Å². The second kappa shape index (κ2) is 8.92. The van der Waals surface area contributed by atoms with E-state index in [2.05, 4.69) is 65.4 Å². The van der Waals surface area contributed by atoms with Crippen molar-refractivity contribution < 1.29 is 0 Å². The zero-order chi connectivity index (χ0) is 18.2. The minimum atomic E-state index is 0.195. The van der Waals surface area contributed by atoms with Crippen molar-refractivity contribution in [1.29, 1.82) is 5.26 Å². The number of unbranched alkanes of at least 4 members (excludes halogenated alkanes) is 3. The summed E-state index contributed by atoms with van der Waals surface area (Å²) in [5, 5.41) is 8.78. The largest absolute Gasteiger partial charge is 0.232 e. The Hall–Kier alpha value is -2.99. The SMILES string of the molecule is CCCCCCc1ccc(-c2ccc(-c3cnc(C#N)nc3)cc2)cc1. The lowest BCUT2D eigenvalue weighted by molar-refractivity contribution is 0.667. The van der Waals surface area contributed by atoms with Gasteiger partial charge in [0.2, 0.25) is 5.82 Å². The summed E-state index contributed by atoms with van der Waals surface area (Å²) in [4.78, 5) is 8.06. The van der Waals surface area contributed by atoms with Crippen LogP contribution in [0.1, 0.15) is 44.0 Å². The van der Waals surface area contributed by atoms with Crippen LogP contribution in [-0.4, -0.2) is 9.97 Å². The highest BCUT2D eigenvalue weighted by atomic mass is 14.9. The van der Waals surface area contributed by atoms with Gasteiger partial charge in [-0.05, 0) is 35.1 Å². The topological polar surface area (TPSA) is 49.6 Å². The maximum absolute atomic E-state index is 8.78. The van der Waals surface area contributed by atoms with Crippen LogP contribution in [-0.2, 0) is 6.42 Å². The van der Waals surface area contributed by atoms with Crippen LogP contribution < -0.4 is 0 Å². The fourth-order valence-corrected chi connectivity index (χ4v) is 3.01. The lowest BCUT2D eigenvalue weighted by atomic mass is 9.99. The zero-order valence-corrected chi connectivity index (χ0v) is 15.2. The summed E-state index contributed by atoms with van der Waals surface area (Å²) in [7, 11) is 0. The van der Waals surface area contributed by atoms with Crippen molar-refractivity contribution in [2.45, 2.75) is 39.0 Å². The molecule has 0 unspecified atom stereocenters. The summed E-state index contributed by atoms with van der Waals surface area (Å²) in [6.45, 7) is 2.24. The molecule has 0 amide bonds. The lowest BCUT2D eigenvalue weighted by Gasteiger charge is -2.06. The Balaban J connectivity index is 1.67. The summed E-state index contributed by atoms with van der Waals surface area (Å²) in [5.41, 5.74) is 5.80. The molecule has 0 bridgehead atoms. The Morgan fingerprint density at radius 2 is 1.27 bits per heavy atom. The maximum atomic E-state index is 8.78. The molecule has 0 aliphatic rings. The molecule has 3 heteroatoms. The molecule has 1 aromatic heterocycles. The third-order valence-electron chi connectivity index (χ3n) is 4.58. The van der Waals surface area contributed by atoms with E-state index in [1.807, 2.05) is 6.07 Å². The Morgan fingerprint density at radius 3 is 1.81 bits per heavy atom. The predicted octanol–water partition coefficient (Wildman–Crippen LogP) is 5.81. The van der Waals surface area contributed by atoms with Crippen molar-refractivity contribution in [1.82, 2.24) is 9.97 Å². The van der Waals surface area contributed by atoms with Crippen LogP contribution in [0.4, 0.5) is 0 Å². The first-order valence-electron chi connectivity index (χ1n) is 9.22. The Labute approximate surface area is 155 Å². The fourth-order valence-electron chi connectivity index (χ4n) is 3.01. The fraction of sp³-hybridized carbons (Fsp3) is 0.261. The first-order chi connectivity index (χ1) is 12.8. The summed E-state index contributed by atoms with van der Waals surface area (Å²) in [6.07, 6.45) is 9.74. The number of hydrogen-bond donors (Lipinski definition) is 0. The van der Waals surface area contributed by atoms with E-state index in [0.29, 0.717) is 0 Å². The molecule has 0 N–H and O–H groups in total. The number of rotatable bonds is 7. The molecule has 0 aliphatic heterocycles. The van der Waals surface area contributed by atoms with Gasteiger partial charge in [0.1, 0.15) is 6.07 Å². The van der Waals surface area contributed by atoms with E-state index in [0.717, 1.165) is 17.5 Å². The van der Waals surface area contributed by atoms with E-state index in [4.69, 9.17) is 5.26 Å². The second-order valence-corrected chi connectivity index (χ2v) is 6.49. The molecule has 26 heavy (non-hydrogen) atoms. The molecule has 2 aromatic carbocycles. The zero-order valence-electron chi connectivity index (χ0n) is 15.2. The van der Waals surface area contributed by atoms with Gasteiger partial charge in [-0.1, -0.05) is 74.7 Å². The molecule has 130 valence electrons. The first-order valence-corrected chi connectivity index (χ1v) is 9.22. The minimum Gasteiger partial charge on any atom is -0.227 e. The summed E-state index contributed by atoms with van der Waals surface area (Å²) < 4.78 is 0. The molecule has 0 saturated carbocycles. The summed E-state index contributed by atoms with van der Waals surface area (Å²) in [5.74, 6) is 0.195. The monoisotopic (exact) mass is 341 g/mol. The van der Waals surface area contributed by atoms with E-state index < -0.39 is 0 Å². The molecule has 0 aliphatic carbocycles. The highest BCUT2D eigenvalue weighted by molar-refractivity contribution is 5.69. The van der Waals surface area contributed by atoms with Crippen LogP contribution in [0.2, 0.25) is 0 Å². The Kier molecular flexibility index (Phi) is 6.11. The molecule has 1 heterocycles. The minimum absolute atomic E-state index is 0.195. The molecule has 0 spiro atoms. The second-order valence-electron chi connectivity index (χ2n) is 6.49. The van der Waals surface area contributed by atoms with Crippen LogP contribution in [0.15, 0.2) is 60.9 Å². The number of aryl methyl sites for hydroxylation is 1. The van der Waals surface area contributed by atoms with Crippen molar-refractivity contribution in [3.8, 4) is 28.3 Å². The molecule has 0 radical (unpaired) electrons. The third-order valence-corrected chi connectivity index (χ3v) is 4.58. The number of benzene rings is 2. The van der Waals surface area contributed by atoms with Gasteiger partial charge in [-0.3, -0.25) is 0 Å². The van der Waals surface area contributed by atoms with Gasteiger partial charge in [-0.25, -0.2) is 9.97 Å². The van der Waals surface area contributed by atoms with E-state index in [1.54, 1.807) is 12.4 Å². The van der Waals surface area contributed by atoms with Gasteiger partial charge in [0.15, 0.2) is 0 Å². The molecule has 3 aromatic rings. The molecule has 3 nitrogen and oxygen atoms in total. The van der Waals surface area contributed by atoms with Crippen molar-refractivity contribution in [2.75, 3.05) is 0 Å². The average Bonchev–Trinajstić information content (AvgIpc) is 2.72. The number of nitrogens with zero attached hydrogens (tertiary/aromatic N) is 3. The van der Waals surface area contributed by atoms with E-state index in [1.165, 1.54) is 42.4 Å². The van der Waals surface area contributed by atoms with Crippen molar-refractivity contribution in [2.24, 2.45) is 0 Å². The number of hydrogen-bond acceptors (Lipinski definition) is 3. The van der Waals surface area contributed by atoms with E-state index in [-0.39, 0.29) is 5.82 Å². The molecule has 3 rings (SSSR count). The molecular weight excluding hydrogens is 318 g/mol. The van der Waals surface area contributed by atoms with Gasteiger partial charge in [0, 0.05) is 18.0 Å². The van der Waals surface area contributed by atoms with Crippen molar-refractivity contribution in [3.63, 3.8) is 0 Å². The highest BCUT2D eigenvalue weighted by Crippen LogP contribution is 2.25. The van der Waals surface area contributed by atoms with Crippen LogP contribution >= 0.6 is 0 Å². The van der Waals surface area contributed by atoms with Crippen molar-refractivity contribution in [3.05, 3.63) is 72.3 Å². The van der Waals surface area contributed by atoms with Gasteiger partial charge in [-0.2, -0.15) is 5.26 Å². The predicted molar refractivity (Wildman–Crippen MR) is 105 cm³/mol. The Bertz CT molecular complexity index is 857. The quantitative estimate of drug-likeness (QED) is 0.510. The molecule has 0 fully saturated rings. The van der Waals surface area contributed by atoms with Gasteiger partial charge in [0.05, 0.1) is 0 Å². The smallest absolute Gasteiger partial charge is 0.227 e. The lowest BCUT2D eigenvalue weighted by Crippen LogP contribution is -1.89. The van der Waals surface area contributed by atoms with Gasteiger partial charge in [0.25, 0.3) is 0 Å². The molecule has 0 saturated heterocycles. The standard InChI is InChI=1S/C23H23N3/c1-2-3-4-5-6-18-7-9-19(10-8-18)20-11-13-21(14-12-20)22-16-25-23(15-24)26-17-22/h7-14,16-17H,2-6H2,1H3. The average molecular weight is 341 g/mol. The van der Waals surface area contributed by atoms with Gasteiger partial charge < -0.3 is 0 Å². The van der Waals surface area contributed by atoms with E-state index in [9.17, 15) is 0 Å². The first kappa shape index (κ1) is 17.8. The van der Waals surface area contributed by atoms with Crippen LogP contribution in [0, 0.1) is 11.3 Å². The number of aromatic nitrogens is 2. The van der Waals surface area contributed by atoms with Gasteiger partial charge >= 0.3 is 0 Å². The summed E-state index contributed by atoms with van der Waals surface area (Å²) in [6, 6.07) is 19.2. The van der Waals surface area contributed by atoms with E-state index >= 15 is 0 Å². The van der Waals surface area contributed by atoms with Crippen LogP contribution in [0.5, 0.6) is 0 Å². The third kappa shape index (κ3) is 4.55.